The average Bonchev–Trinajstić information content (AvgIpc) is 2.80. The summed E-state index contributed by atoms with van der Waals surface area (Å²) in [6, 6.07) is 0.563. The van der Waals surface area contributed by atoms with Crippen molar-refractivity contribution in [2.45, 2.75) is 57.1 Å². The van der Waals surface area contributed by atoms with Crippen LogP contribution in [-0.2, 0) is 4.74 Å². The zero-order valence-electron chi connectivity index (χ0n) is 9.80. The number of hydrogen-bond donors (Lipinski definition) is 1. The quantitative estimate of drug-likeness (QED) is 0.719. The van der Waals surface area contributed by atoms with Gasteiger partial charge in [0.25, 0.3) is 0 Å². The van der Waals surface area contributed by atoms with E-state index in [-0.39, 0.29) is 0 Å². The minimum atomic E-state index is 0.505. The van der Waals surface area contributed by atoms with Gasteiger partial charge in [0.15, 0.2) is 0 Å². The van der Waals surface area contributed by atoms with Crippen LogP contribution in [0.2, 0.25) is 0 Å². The van der Waals surface area contributed by atoms with Gasteiger partial charge in [-0.2, -0.15) is 0 Å². The second kappa shape index (κ2) is 5.66. The van der Waals surface area contributed by atoms with Crippen molar-refractivity contribution in [1.82, 2.24) is 5.32 Å². The van der Waals surface area contributed by atoms with Crippen LogP contribution in [0.1, 0.15) is 44.9 Å². The monoisotopic (exact) mass is 209 g/mol. The minimum Gasteiger partial charge on any atom is -0.378 e. The first-order valence-corrected chi connectivity index (χ1v) is 6.38. The molecule has 0 aromatic heterocycles. The first kappa shape index (κ1) is 11.2. The highest BCUT2D eigenvalue weighted by atomic mass is 16.5. The van der Waals surface area contributed by atoms with Gasteiger partial charge in [-0.3, -0.25) is 0 Å². The highest BCUT2D eigenvalue weighted by Gasteiger charge is 2.22. The van der Waals surface area contributed by atoms with E-state index in [9.17, 15) is 0 Å². The molecular formula is C13H23NO. The highest BCUT2D eigenvalue weighted by molar-refractivity contribution is 5.13. The highest BCUT2D eigenvalue weighted by Crippen LogP contribution is 2.25. The van der Waals surface area contributed by atoms with Crippen LogP contribution in [-0.4, -0.2) is 25.8 Å². The van der Waals surface area contributed by atoms with E-state index >= 15 is 0 Å². The maximum absolute atomic E-state index is 5.71. The molecule has 1 heterocycles. The number of hydrogen-bond acceptors (Lipinski definition) is 2. The Morgan fingerprint density at radius 2 is 2.40 bits per heavy atom. The summed E-state index contributed by atoms with van der Waals surface area (Å²) in [5.41, 5.74) is 1.62. The minimum absolute atomic E-state index is 0.505. The van der Waals surface area contributed by atoms with Crippen molar-refractivity contribution in [3.8, 4) is 0 Å². The van der Waals surface area contributed by atoms with E-state index in [4.69, 9.17) is 4.74 Å². The summed E-state index contributed by atoms with van der Waals surface area (Å²) in [5, 5.41) is 3.45. The number of rotatable bonds is 4. The normalized spacial score (nSPS) is 28.9. The fourth-order valence-corrected chi connectivity index (χ4v) is 2.73. The van der Waals surface area contributed by atoms with Gasteiger partial charge in [0.1, 0.15) is 0 Å². The Morgan fingerprint density at radius 3 is 3.00 bits per heavy atom. The van der Waals surface area contributed by atoms with Gasteiger partial charge in [-0.05, 0) is 52.0 Å². The fraction of sp³-hybridized carbons (Fsp3) is 0.846. The molecule has 86 valence electrons. The summed E-state index contributed by atoms with van der Waals surface area (Å²) in [5.74, 6) is 0. The molecule has 0 radical (unpaired) electrons. The summed E-state index contributed by atoms with van der Waals surface area (Å²) in [6.07, 6.45) is 11.9. The summed E-state index contributed by atoms with van der Waals surface area (Å²) in [6.45, 7) is 0.972. The molecule has 2 atom stereocenters. The van der Waals surface area contributed by atoms with Crippen molar-refractivity contribution < 1.29 is 4.74 Å². The van der Waals surface area contributed by atoms with Crippen LogP contribution in [0, 0.1) is 0 Å². The lowest BCUT2D eigenvalue weighted by Gasteiger charge is -2.25. The maximum Gasteiger partial charge on any atom is 0.0594 e. The van der Waals surface area contributed by atoms with Crippen molar-refractivity contribution in [1.29, 1.82) is 0 Å². The third-order valence-corrected chi connectivity index (χ3v) is 3.64. The molecule has 15 heavy (non-hydrogen) atoms. The van der Waals surface area contributed by atoms with Gasteiger partial charge < -0.3 is 10.1 Å². The molecule has 1 aliphatic heterocycles. The lowest BCUT2D eigenvalue weighted by molar-refractivity contribution is 0.0980. The van der Waals surface area contributed by atoms with E-state index < -0.39 is 0 Å². The van der Waals surface area contributed by atoms with E-state index in [0.717, 1.165) is 6.61 Å². The summed E-state index contributed by atoms with van der Waals surface area (Å²) < 4.78 is 5.71. The number of likely N-dealkylation sites (N-methyl/N-ethyl adjacent to an activating group) is 1. The van der Waals surface area contributed by atoms with Gasteiger partial charge in [-0.15, -0.1) is 0 Å². The predicted molar refractivity (Wildman–Crippen MR) is 63.0 cm³/mol. The van der Waals surface area contributed by atoms with E-state index in [0.29, 0.717) is 12.1 Å². The van der Waals surface area contributed by atoms with Crippen molar-refractivity contribution in [3.05, 3.63) is 11.6 Å². The van der Waals surface area contributed by atoms with Crippen LogP contribution < -0.4 is 5.32 Å². The molecular weight excluding hydrogens is 186 g/mol. The summed E-state index contributed by atoms with van der Waals surface area (Å²) in [4.78, 5) is 0. The Labute approximate surface area is 93.1 Å². The molecule has 1 N–H and O–H groups in total. The number of allylic oxidation sites excluding steroid dienone is 1. The van der Waals surface area contributed by atoms with Gasteiger partial charge >= 0.3 is 0 Å². The molecule has 0 aromatic rings. The van der Waals surface area contributed by atoms with Crippen molar-refractivity contribution in [3.63, 3.8) is 0 Å². The lowest BCUT2D eigenvalue weighted by atomic mass is 9.90. The van der Waals surface area contributed by atoms with E-state index in [1.54, 1.807) is 5.57 Å². The van der Waals surface area contributed by atoms with Crippen molar-refractivity contribution >= 4 is 0 Å². The Kier molecular flexibility index (Phi) is 4.21. The molecule has 0 saturated carbocycles. The molecule has 1 fully saturated rings. The second-order valence-corrected chi connectivity index (χ2v) is 4.74. The zero-order valence-corrected chi connectivity index (χ0v) is 9.80. The molecule has 2 unspecified atom stereocenters. The molecule has 0 bridgehead atoms. The van der Waals surface area contributed by atoms with Crippen LogP contribution in [0.25, 0.3) is 0 Å². The molecule has 0 amide bonds. The van der Waals surface area contributed by atoms with Crippen LogP contribution in [0.3, 0.4) is 0 Å². The van der Waals surface area contributed by atoms with Crippen LogP contribution in [0.5, 0.6) is 0 Å². The van der Waals surface area contributed by atoms with Crippen LogP contribution in [0.15, 0.2) is 11.6 Å². The van der Waals surface area contributed by atoms with E-state index in [1.807, 2.05) is 0 Å². The largest absolute Gasteiger partial charge is 0.378 e. The predicted octanol–water partition coefficient (Wildman–Crippen LogP) is 2.64. The molecule has 0 aromatic carbocycles. The summed E-state index contributed by atoms with van der Waals surface area (Å²) >= 11 is 0. The molecule has 1 saturated heterocycles. The molecule has 1 aliphatic carbocycles. The van der Waals surface area contributed by atoms with Crippen molar-refractivity contribution in [2.24, 2.45) is 0 Å². The maximum atomic E-state index is 5.71. The van der Waals surface area contributed by atoms with Gasteiger partial charge in [0.05, 0.1) is 6.10 Å². The first-order valence-electron chi connectivity index (χ1n) is 6.38. The lowest BCUT2D eigenvalue weighted by Crippen LogP contribution is -2.32. The van der Waals surface area contributed by atoms with Gasteiger partial charge in [-0.1, -0.05) is 11.6 Å². The van der Waals surface area contributed by atoms with E-state index in [2.05, 4.69) is 18.4 Å². The molecule has 2 nitrogen and oxygen atoms in total. The number of nitrogens with one attached hydrogen (secondary N) is 1. The van der Waals surface area contributed by atoms with Crippen LogP contribution >= 0.6 is 0 Å². The average molecular weight is 209 g/mol. The van der Waals surface area contributed by atoms with Crippen molar-refractivity contribution in [2.75, 3.05) is 13.7 Å². The third kappa shape index (κ3) is 3.05. The standard InChI is InChI=1S/C13H23NO/c1-14-13(10-12-8-5-9-15-12)11-6-3-2-4-7-11/h6,12-14H,2-5,7-10H2,1H3. The van der Waals surface area contributed by atoms with Crippen LogP contribution in [0.4, 0.5) is 0 Å². The van der Waals surface area contributed by atoms with E-state index in [1.165, 1.54) is 44.9 Å². The molecule has 2 heteroatoms. The Balaban J connectivity index is 1.87. The molecule has 2 aliphatic rings. The number of ether oxygens (including phenoxy) is 1. The van der Waals surface area contributed by atoms with Gasteiger partial charge in [0, 0.05) is 12.6 Å². The zero-order chi connectivity index (χ0) is 10.5. The second-order valence-electron chi connectivity index (χ2n) is 4.74. The first-order chi connectivity index (χ1) is 7.40. The SMILES string of the molecule is CNC(CC1CCCO1)C1=CCCCC1. The van der Waals surface area contributed by atoms with Gasteiger partial charge in [0.2, 0.25) is 0 Å². The molecule has 2 rings (SSSR count). The van der Waals surface area contributed by atoms with Gasteiger partial charge in [-0.25, -0.2) is 0 Å². The Bertz CT molecular complexity index is 219. The topological polar surface area (TPSA) is 21.3 Å². The Hall–Kier alpha value is -0.340. The fourth-order valence-electron chi connectivity index (χ4n) is 2.73. The third-order valence-electron chi connectivity index (χ3n) is 3.64. The smallest absolute Gasteiger partial charge is 0.0594 e. The summed E-state index contributed by atoms with van der Waals surface area (Å²) in [7, 11) is 2.08. The Morgan fingerprint density at radius 1 is 1.47 bits per heavy atom. The molecule has 0 spiro atoms.